The molecule has 0 aliphatic carbocycles. The number of amides is 2. The van der Waals surface area contributed by atoms with Crippen molar-refractivity contribution in [1.29, 1.82) is 5.53 Å². The van der Waals surface area contributed by atoms with Gasteiger partial charge in [0, 0.05) is 38.3 Å². The highest BCUT2D eigenvalue weighted by molar-refractivity contribution is 5.92. The number of carbonyl (C=O) groups excluding carboxylic acids is 2. The number of aryl methyl sites for hydroxylation is 1. The van der Waals surface area contributed by atoms with Crippen molar-refractivity contribution >= 4 is 11.8 Å². The molecule has 2 aromatic rings. The summed E-state index contributed by atoms with van der Waals surface area (Å²) in [6.07, 6.45) is 3.23. The molecule has 40 heavy (non-hydrogen) atoms. The van der Waals surface area contributed by atoms with Gasteiger partial charge in [0.1, 0.15) is 5.75 Å². The molecule has 2 saturated heterocycles. The Labute approximate surface area is 228 Å². The second kappa shape index (κ2) is 13.4. The lowest BCUT2D eigenvalue weighted by atomic mass is 9.89. The summed E-state index contributed by atoms with van der Waals surface area (Å²) in [6, 6.07) is 5.22. The van der Waals surface area contributed by atoms with Crippen molar-refractivity contribution in [1.82, 2.24) is 30.9 Å². The van der Waals surface area contributed by atoms with E-state index in [1.54, 1.807) is 10.9 Å². The third-order valence-electron chi connectivity index (χ3n) is 6.66. The van der Waals surface area contributed by atoms with Crippen LogP contribution in [0.15, 0.2) is 47.5 Å². The minimum atomic E-state index is -4.81. The van der Waals surface area contributed by atoms with Gasteiger partial charge in [-0.3, -0.25) is 14.3 Å². The van der Waals surface area contributed by atoms with Crippen molar-refractivity contribution in [2.45, 2.75) is 63.8 Å². The van der Waals surface area contributed by atoms with E-state index in [1.807, 2.05) is 0 Å². The summed E-state index contributed by atoms with van der Waals surface area (Å²) in [7, 11) is 0. The number of rotatable bonds is 14. The molecule has 216 valence electrons. The molecule has 2 fully saturated rings. The van der Waals surface area contributed by atoms with Crippen molar-refractivity contribution in [2.24, 2.45) is 11.0 Å². The van der Waals surface area contributed by atoms with E-state index in [2.05, 4.69) is 36.1 Å². The fraction of sp³-hybridized carbons (Fsp3) is 0.520. The molecule has 2 bridgehead atoms. The van der Waals surface area contributed by atoms with Crippen molar-refractivity contribution in [2.75, 3.05) is 13.1 Å². The fourth-order valence-corrected chi connectivity index (χ4v) is 4.73. The van der Waals surface area contributed by atoms with Crippen LogP contribution in [0, 0.1) is 11.4 Å². The molecule has 4 N–H and O–H groups in total. The Morgan fingerprint density at radius 2 is 2.10 bits per heavy atom. The van der Waals surface area contributed by atoms with Crippen LogP contribution < -0.4 is 20.7 Å². The first-order valence-corrected chi connectivity index (χ1v) is 13.0. The molecule has 15 heteroatoms. The van der Waals surface area contributed by atoms with E-state index in [4.69, 9.17) is 10.3 Å². The number of aromatic nitrogens is 3. The quantitative estimate of drug-likeness (QED) is 0.156. The highest BCUT2D eigenvalue weighted by Crippen LogP contribution is 2.38. The minimum Gasteiger partial charge on any atom is -0.406 e. The number of alkyl halides is 3. The lowest BCUT2D eigenvalue weighted by molar-refractivity contribution is -0.274. The maximum Gasteiger partial charge on any atom is 0.573 e. The third-order valence-corrected chi connectivity index (χ3v) is 6.66. The van der Waals surface area contributed by atoms with E-state index in [0.717, 1.165) is 31.4 Å². The first-order chi connectivity index (χ1) is 19.2. The lowest BCUT2D eigenvalue weighted by Crippen LogP contribution is -2.33. The van der Waals surface area contributed by atoms with E-state index in [0.29, 0.717) is 50.1 Å². The van der Waals surface area contributed by atoms with Crippen molar-refractivity contribution in [3.8, 4) is 5.75 Å². The first-order valence-electron chi connectivity index (χ1n) is 13.0. The van der Waals surface area contributed by atoms with Crippen molar-refractivity contribution in [3.63, 3.8) is 0 Å². The number of hydrogen-bond acceptors (Lipinski definition) is 9. The Bertz CT molecular complexity index is 1220. The van der Waals surface area contributed by atoms with E-state index in [9.17, 15) is 22.8 Å². The van der Waals surface area contributed by atoms with Gasteiger partial charge in [-0.1, -0.05) is 17.3 Å². The highest BCUT2D eigenvalue weighted by Gasteiger charge is 2.40. The van der Waals surface area contributed by atoms with Gasteiger partial charge in [0.15, 0.2) is 11.4 Å². The summed E-state index contributed by atoms with van der Waals surface area (Å²) in [4.78, 5) is 24.7. The van der Waals surface area contributed by atoms with Crippen LogP contribution in [-0.2, 0) is 22.6 Å². The number of carbonyl (C=O) groups is 2. The van der Waals surface area contributed by atoms with Gasteiger partial charge in [-0.15, -0.1) is 18.3 Å². The van der Waals surface area contributed by atoms with Crippen molar-refractivity contribution in [3.05, 3.63) is 53.6 Å². The van der Waals surface area contributed by atoms with Crippen LogP contribution in [0.5, 0.6) is 5.75 Å². The molecule has 2 aliphatic heterocycles. The van der Waals surface area contributed by atoms with Gasteiger partial charge in [-0.05, 0) is 49.8 Å². The van der Waals surface area contributed by atoms with Crippen LogP contribution in [0.25, 0.3) is 0 Å². The normalized spacial score (nSPS) is 20.3. The van der Waals surface area contributed by atoms with E-state index in [1.165, 1.54) is 18.3 Å². The number of nitrogens with zero attached hydrogens (tertiary/aromatic N) is 4. The number of benzene rings is 1. The van der Waals surface area contributed by atoms with E-state index in [-0.39, 0.29) is 29.9 Å². The molecular weight excluding hydrogens is 533 g/mol. The zero-order valence-corrected chi connectivity index (χ0v) is 21.6. The van der Waals surface area contributed by atoms with Gasteiger partial charge >= 0.3 is 6.36 Å². The fourth-order valence-electron chi connectivity index (χ4n) is 4.73. The number of ether oxygens (including phenoxy) is 2. The topological polar surface area (TPSA) is 156 Å². The van der Waals surface area contributed by atoms with Crippen molar-refractivity contribution < 1.29 is 32.2 Å². The lowest BCUT2D eigenvalue weighted by Gasteiger charge is -2.18. The van der Waals surface area contributed by atoms with Gasteiger partial charge in [0.25, 0.3) is 11.8 Å². The van der Waals surface area contributed by atoms with Crippen LogP contribution >= 0.6 is 0 Å². The van der Waals surface area contributed by atoms with Crippen LogP contribution in [0.3, 0.4) is 0 Å². The van der Waals surface area contributed by atoms with Gasteiger partial charge in [0.05, 0.1) is 18.4 Å². The van der Waals surface area contributed by atoms with E-state index >= 15 is 0 Å². The van der Waals surface area contributed by atoms with E-state index < -0.39 is 18.0 Å². The van der Waals surface area contributed by atoms with Crippen LogP contribution in [0.4, 0.5) is 13.2 Å². The monoisotopic (exact) mass is 564 g/mol. The highest BCUT2D eigenvalue weighted by atomic mass is 19.4. The van der Waals surface area contributed by atoms with Crippen LogP contribution in [0.2, 0.25) is 0 Å². The van der Waals surface area contributed by atoms with Crippen LogP contribution in [-0.4, -0.2) is 58.5 Å². The predicted octanol–water partition coefficient (Wildman–Crippen LogP) is 3.03. The molecule has 3 unspecified atom stereocenters. The zero-order chi connectivity index (χ0) is 28.5. The second-order valence-electron chi connectivity index (χ2n) is 9.63. The van der Waals surface area contributed by atoms with Gasteiger partial charge in [-0.2, -0.15) is 5.11 Å². The smallest absolute Gasteiger partial charge is 0.406 e. The zero-order valence-electron chi connectivity index (χ0n) is 21.6. The maximum absolute atomic E-state index is 12.4. The first kappa shape index (κ1) is 29.0. The molecule has 3 heterocycles. The second-order valence-corrected chi connectivity index (χ2v) is 9.63. The molecule has 12 nitrogen and oxygen atoms in total. The third kappa shape index (κ3) is 8.49. The predicted molar refractivity (Wildman–Crippen MR) is 134 cm³/mol. The Hall–Kier alpha value is -4.01. The molecular formula is C25H31F3N8O4. The SMILES string of the molecule is N=N/C(=C\NCCCCn1cc(C(=O)NCC2CC3CCC2O3)nn1)C(=O)NCc1cccc(OC(F)(F)F)c1. The molecule has 1 aromatic heterocycles. The number of fused-ring (bicyclic) bond motifs is 2. The Kier molecular flexibility index (Phi) is 9.69. The molecule has 3 atom stereocenters. The van der Waals surface area contributed by atoms with Crippen LogP contribution in [0.1, 0.15) is 48.2 Å². The summed E-state index contributed by atoms with van der Waals surface area (Å²) in [5.41, 5.74) is 7.68. The number of unbranched alkanes of at least 4 members (excludes halogenated alkanes) is 1. The molecule has 0 saturated carbocycles. The average molecular weight is 565 g/mol. The minimum absolute atomic E-state index is 0.0748. The largest absolute Gasteiger partial charge is 0.573 e. The molecule has 0 spiro atoms. The van der Waals surface area contributed by atoms with Gasteiger partial charge in [-0.25, -0.2) is 5.53 Å². The summed E-state index contributed by atoms with van der Waals surface area (Å²) in [5, 5.41) is 19.5. The summed E-state index contributed by atoms with van der Waals surface area (Å²) in [5.74, 6) is -0.958. The van der Waals surface area contributed by atoms with Gasteiger partial charge in [0.2, 0.25) is 0 Å². The summed E-state index contributed by atoms with van der Waals surface area (Å²) >= 11 is 0. The maximum atomic E-state index is 12.4. The standard InChI is InChI=1S/C25H31F3N8O4/c26-25(27,28)40-19-5-3-4-16(10-19)12-31-23(37)20(33-29)14-30-8-1-2-9-36-15-21(34-35-36)24(38)32-13-17-11-18-6-7-22(17)39-18/h3-5,10,14-15,17-18,22,29-30H,1-2,6-9,11-13H2,(H,31,37)(H,32,38)/b20-14-,33-29?. The molecule has 0 radical (unpaired) electrons. The number of hydrogen-bond donors (Lipinski definition) is 4. The Morgan fingerprint density at radius 3 is 2.83 bits per heavy atom. The number of halogens is 3. The molecule has 2 amide bonds. The summed E-state index contributed by atoms with van der Waals surface area (Å²) in [6.45, 7) is 1.52. The Morgan fingerprint density at radius 1 is 1.25 bits per heavy atom. The number of nitrogens with one attached hydrogen (secondary N) is 4. The Balaban J connectivity index is 1.11. The average Bonchev–Trinajstić information content (AvgIpc) is 3.67. The summed E-state index contributed by atoms with van der Waals surface area (Å²) < 4.78 is 48.4. The van der Waals surface area contributed by atoms with Gasteiger partial charge < -0.3 is 25.4 Å². The molecule has 4 rings (SSSR count). The molecule has 1 aromatic carbocycles. The molecule has 2 aliphatic rings.